The molecule has 3 aromatic heterocycles. The molecule has 3 radical (unpaired) electrons. The standard InChI is InChI=1S/C19H12N9Si/c29-19(10-4-1-7-13-16(10)23-26-20-13,11-5-2-8-14-17(11)24-27-21-14)12-6-3-9-15-18(12)25-28-22-15/h1-9H,(H,20,23,26)(H,21,24,27)(H,22,25,28). The van der Waals surface area contributed by atoms with Gasteiger partial charge in [-0.1, -0.05) is 36.4 Å². The molecule has 0 saturated heterocycles. The summed E-state index contributed by atoms with van der Waals surface area (Å²) in [7, 11) is 4.15. The molecule has 0 spiro atoms. The average Bonchev–Trinajstić information content (AvgIpc) is 3.51. The van der Waals surface area contributed by atoms with Crippen molar-refractivity contribution in [1.29, 1.82) is 0 Å². The largest absolute Gasteiger partial charge is 0.197 e. The minimum absolute atomic E-state index is 0.753. The van der Waals surface area contributed by atoms with Gasteiger partial charge in [-0.2, -0.15) is 46.2 Å². The molecule has 137 valence electrons. The van der Waals surface area contributed by atoms with E-state index in [1.165, 1.54) is 0 Å². The highest BCUT2D eigenvalue weighted by molar-refractivity contribution is 6.24. The molecule has 0 unspecified atom stereocenters. The van der Waals surface area contributed by atoms with Crippen LogP contribution in [0.3, 0.4) is 0 Å². The molecular formula is C19H12N9Si. The van der Waals surface area contributed by atoms with Gasteiger partial charge in [-0.05, 0) is 34.9 Å². The third kappa shape index (κ3) is 2.14. The van der Waals surface area contributed by atoms with Crippen LogP contribution in [-0.4, -0.2) is 56.5 Å². The summed E-state index contributed by atoms with van der Waals surface area (Å²) >= 11 is 0. The summed E-state index contributed by atoms with van der Waals surface area (Å²) in [5.74, 6) is 0. The van der Waals surface area contributed by atoms with E-state index in [1.807, 2.05) is 54.6 Å². The molecule has 3 N–H and O–H groups in total. The fraction of sp³-hybridized carbons (Fsp3) is 0.0526. The average molecular weight is 394 g/mol. The maximum atomic E-state index is 4.42. The van der Waals surface area contributed by atoms with Gasteiger partial charge in [0.05, 0.1) is 10.2 Å². The number of rotatable bonds is 3. The molecule has 10 heteroatoms. The Morgan fingerprint density at radius 3 is 1.21 bits per heavy atom. The van der Waals surface area contributed by atoms with Crippen molar-refractivity contribution in [2.24, 2.45) is 0 Å². The van der Waals surface area contributed by atoms with E-state index < -0.39 is 5.04 Å². The predicted octanol–water partition coefficient (Wildman–Crippen LogP) is 1.96. The Morgan fingerprint density at radius 2 is 0.862 bits per heavy atom. The molecular weight excluding hydrogens is 382 g/mol. The highest BCUT2D eigenvalue weighted by Crippen LogP contribution is 2.42. The first-order valence-corrected chi connectivity index (χ1v) is 9.42. The topological polar surface area (TPSA) is 125 Å². The summed E-state index contributed by atoms with van der Waals surface area (Å²) in [6, 6.07) is 17.7. The van der Waals surface area contributed by atoms with Crippen LogP contribution < -0.4 is 0 Å². The summed E-state index contributed by atoms with van der Waals surface area (Å²) in [5, 5.41) is 33.4. The molecule has 0 amide bonds. The van der Waals surface area contributed by atoms with Crippen LogP contribution >= 0.6 is 0 Å². The summed E-state index contributed by atoms with van der Waals surface area (Å²) in [6.07, 6.45) is 0. The number of aromatic amines is 3. The van der Waals surface area contributed by atoms with Crippen molar-refractivity contribution in [2.45, 2.75) is 5.04 Å². The normalized spacial score (nSPS) is 12.3. The smallest absolute Gasteiger partial charge is 0.117 e. The molecule has 29 heavy (non-hydrogen) atoms. The molecule has 0 aliphatic rings. The number of fused-ring (bicyclic) bond motifs is 3. The van der Waals surface area contributed by atoms with E-state index >= 15 is 0 Å². The number of nitrogens with one attached hydrogen (secondary N) is 3. The SMILES string of the molecule is [Si]C(c1cccc2n[nH]nc12)(c1cccc2n[nH]nc12)c1cccc2n[nH]nc12. The second-order valence-electron chi connectivity index (χ2n) is 6.74. The predicted molar refractivity (Wildman–Crippen MR) is 107 cm³/mol. The Labute approximate surface area is 166 Å². The van der Waals surface area contributed by atoms with Crippen molar-refractivity contribution >= 4 is 43.3 Å². The lowest BCUT2D eigenvalue weighted by Crippen LogP contribution is -2.31. The van der Waals surface area contributed by atoms with Gasteiger partial charge in [-0.25, -0.2) is 0 Å². The Balaban J connectivity index is 1.80. The second kappa shape index (κ2) is 5.79. The number of aromatic nitrogens is 9. The number of hydrogen-bond donors (Lipinski definition) is 3. The van der Waals surface area contributed by atoms with Crippen LogP contribution in [0.1, 0.15) is 16.7 Å². The molecule has 0 aliphatic carbocycles. The van der Waals surface area contributed by atoms with Crippen molar-refractivity contribution in [2.75, 3.05) is 0 Å². The van der Waals surface area contributed by atoms with Crippen LogP contribution in [0.5, 0.6) is 0 Å². The van der Waals surface area contributed by atoms with Crippen molar-refractivity contribution in [1.82, 2.24) is 46.2 Å². The summed E-state index contributed by atoms with van der Waals surface area (Å²) in [4.78, 5) is 0. The van der Waals surface area contributed by atoms with Crippen LogP contribution in [0.25, 0.3) is 33.1 Å². The van der Waals surface area contributed by atoms with Gasteiger partial charge in [0.15, 0.2) is 0 Å². The molecule has 6 rings (SSSR count). The maximum Gasteiger partial charge on any atom is 0.117 e. The lowest BCUT2D eigenvalue weighted by molar-refractivity contribution is 0.881. The number of H-pyrrole nitrogens is 3. The first kappa shape index (κ1) is 16.1. The zero-order chi connectivity index (χ0) is 19.4. The van der Waals surface area contributed by atoms with Gasteiger partial charge in [-0.15, -0.1) is 0 Å². The van der Waals surface area contributed by atoms with Gasteiger partial charge in [0, 0.05) is 5.04 Å². The van der Waals surface area contributed by atoms with Crippen LogP contribution in [0.15, 0.2) is 54.6 Å². The van der Waals surface area contributed by atoms with E-state index in [4.69, 9.17) is 0 Å². The quantitative estimate of drug-likeness (QED) is 0.311. The summed E-state index contributed by atoms with van der Waals surface area (Å²) < 4.78 is 0. The highest BCUT2D eigenvalue weighted by atomic mass is 28.1. The number of benzene rings is 3. The molecule has 0 aliphatic heterocycles. The van der Waals surface area contributed by atoms with Crippen LogP contribution in [0.4, 0.5) is 0 Å². The van der Waals surface area contributed by atoms with E-state index in [0.29, 0.717) is 0 Å². The van der Waals surface area contributed by atoms with Crippen molar-refractivity contribution in [3.8, 4) is 0 Å². The highest BCUT2D eigenvalue weighted by Gasteiger charge is 2.38. The lowest BCUT2D eigenvalue weighted by atomic mass is 9.81. The zero-order valence-corrected chi connectivity index (χ0v) is 15.9. The second-order valence-corrected chi connectivity index (χ2v) is 7.49. The fourth-order valence-electron chi connectivity index (χ4n) is 3.95. The molecule has 0 bridgehead atoms. The van der Waals surface area contributed by atoms with Gasteiger partial charge in [0.2, 0.25) is 0 Å². The monoisotopic (exact) mass is 394 g/mol. The van der Waals surface area contributed by atoms with Gasteiger partial charge in [0.1, 0.15) is 33.1 Å². The van der Waals surface area contributed by atoms with E-state index in [2.05, 4.69) is 56.5 Å². The molecule has 6 aromatic rings. The van der Waals surface area contributed by atoms with Crippen LogP contribution in [0, 0.1) is 0 Å². The van der Waals surface area contributed by atoms with Gasteiger partial charge < -0.3 is 0 Å². The molecule has 3 aromatic carbocycles. The molecule has 0 atom stereocenters. The Kier molecular flexibility index (Phi) is 3.21. The summed E-state index contributed by atoms with van der Waals surface area (Å²) in [6.45, 7) is 0. The van der Waals surface area contributed by atoms with E-state index in [1.54, 1.807) is 0 Å². The number of hydrogen-bond acceptors (Lipinski definition) is 6. The molecule has 3 heterocycles. The minimum atomic E-state index is -0.830. The number of para-hydroxylation sites is 3. The number of nitrogens with zero attached hydrogens (tertiary/aromatic N) is 6. The van der Waals surface area contributed by atoms with Gasteiger partial charge in [-0.3, -0.25) is 0 Å². The van der Waals surface area contributed by atoms with E-state index in [-0.39, 0.29) is 0 Å². The van der Waals surface area contributed by atoms with Crippen LogP contribution in [0.2, 0.25) is 0 Å². The lowest BCUT2D eigenvalue weighted by Gasteiger charge is -2.31. The molecule has 0 fully saturated rings. The summed E-state index contributed by atoms with van der Waals surface area (Å²) in [5.41, 5.74) is 7.29. The first-order valence-electron chi connectivity index (χ1n) is 8.92. The molecule has 9 nitrogen and oxygen atoms in total. The third-order valence-corrected chi connectivity index (χ3v) is 6.06. The first-order chi connectivity index (χ1) is 14.3. The van der Waals surface area contributed by atoms with Crippen molar-refractivity contribution < 1.29 is 0 Å². The third-order valence-electron chi connectivity index (χ3n) is 5.25. The van der Waals surface area contributed by atoms with Crippen molar-refractivity contribution in [3.05, 3.63) is 71.3 Å². The Morgan fingerprint density at radius 1 is 0.517 bits per heavy atom. The molecule has 0 saturated carbocycles. The Hall–Kier alpha value is -3.92. The van der Waals surface area contributed by atoms with Gasteiger partial charge >= 0.3 is 0 Å². The Bertz CT molecular complexity index is 1320. The van der Waals surface area contributed by atoms with Gasteiger partial charge in [0.25, 0.3) is 0 Å². The zero-order valence-electron chi connectivity index (χ0n) is 14.9. The minimum Gasteiger partial charge on any atom is -0.197 e. The van der Waals surface area contributed by atoms with Crippen LogP contribution in [-0.2, 0) is 5.04 Å². The fourth-order valence-corrected chi connectivity index (χ4v) is 4.55. The van der Waals surface area contributed by atoms with Crippen molar-refractivity contribution in [3.63, 3.8) is 0 Å². The van der Waals surface area contributed by atoms with E-state index in [0.717, 1.165) is 49.8 Å². The van der Waals surface area contributed by atoms with E-state index in [9.17, 15) is 0 Å². The maximum absolute atomic E-state index is 4.42.